The van der Waals surface area contributed by atoms with Crippen molar-refractivity contribution < 1.29 is 9.13 Å². The summed E-state index contributed by atoms with van der Waals surface area (Å²) in [7, 11) is 3.25. The summed E-state index contributed by atoms with van der Waals surface area (Å²) in [5.41, 5.74) is 1.38. The van der Waals surface area contributed by atoms with E-state index in [1.165, 1.54) is 21.3 Å². The molecule has 2 heterocycles. The van der Waals surface area contributed by atoms with Gasteiger partial charge in [-0.05, 0) is 29.8 Å². The van der Waals surface area contributed by atoms with E-state index < -0.39 is 0 Å². The van der Waals surface area contributed by atoms with Crippen LogP contribution in [0.2, 0.25) is 0 Å². The number of nitrogens with one attached hydrogen (secondary N) is 1. The number of benzene rings is 2. The van der Waals surface area contributed by atoms with Crippen LogP contribution in [-0.4, -0.2) is 21.9 Å². The van der Waals surface area contributed by atoms with Gasteiger partial charge in [0.15, 0.2) is 5.82 Å². The van der Waals surface area contributed by atoms with Gasteiger partial charge in [0.25, 0.3) is 5.56 Å². The van der Waals surface area contributed by atoms with Gasteiger partial charge in [-0.2, -0.15) is 0 Å². The van der Waals surface area contributed by atoms with Gasteiger partial charge in [0, 0.05) is 34.6 Å². The van der Waals surface area contributed by atoms with E-state index in [-0.39, 0.29) is 17.2 Å². The number of methoxy groups -OCH3 is 1. The van der Waals surface area contributed by atoms with Gasteiger partial charge in [-0.15, -0.1) is 21.5 Å². The molecule has 2 aromatic carbocycles. The highest BCUT2D eigenvalue weighted by Crippen LogP contribution is 2.28. The standard InChI is InChI=1S/C20H17FN4O2S/c1-25-19(13-6-7-15-16(21)11-28-17(15)9-13)24-23-18(20(25)26)22-10-12-4-3-5-14(8-12)27-2/h3-9,11H,10H2,1-2H3,(H,22,23). The Bertz CT molecular complexity index is 1220. The molecule has 28 heavy (non-hydrogen) atoms. The molecule has 0 spiro atoms. The van der Waals surface area contributed by atoms with Crippen LogP contribution in [0.4, 0.5) is 10.2 Å². The summed E-state index contributed by atoms with van der Waals surface area (Å²) in [6, 6.07) is 12.8. The summed E-state index contributed by atoms with van der Waals surface area (Å²) in [5, 5.41) is 13.3. The molecule has 0 radical (unpaired) electrons. The molecule has 0 unspecified atom stereocenters. The van der Waals surface area contributed by atoms with Crippen LogP contribution in [0.3, 0.4) is 0 Å². The highest BCUT2D eigenvalue weighted by atomic mass is 32.1. The second-order valence-corrected chi connectivity index (χ2v) is 7.15. The van der Waals surface area contributed by atoms with E-state index in [4.69, 9.17) is 4.74 Å². The summed E-state index contributed by atoms with van der Waals surface area (Å²) in [6.45, 7) is 0.418. The number of hydrogen-bond acceptors (Lipinski definition) is 6. The number of halogens is 1. The van der Waals surface area contributed by atoms with E-state index in [2.05, 4.69) is 15.5 Å². The molecule has 0 aliphatic carbocycles. The average molecular weight is 396 g/mol. The summed E-state index contributed by atoms with van der Waals surface area (Å²) >= 11 is 1.31. The van der Waals surface area contributed by atoms with Crippen molar-refractivity contribution in [3.63, 3.8) is 0 Å². The van der Waals surface area contributed by atoms with Crippen LogP contribution in [0.25, 0.3) is 21.5 Å². The summed E-state index contributed by atoms with van der Waals surface area (Å²) < 4.78 is 21.1. The van der Waals surface area contributed by atoms with Gasteiger partial charge >= 0.3 is 0 Å². The number of nitrogens with zero attached hydrogens (tertiary/aromatic N) is 3. The lowest BCUT2D eigenvalue weighted by atomic mass is 10.1. The lowest BCUT2D eigenvalue weighted by Crippen LogP contribution is -2.25. The first-order valence-electron chi connectivity index (χ1n) is 8.54. The van der Waals surface area contributed by atoms with Crippen LogP contribution in [0, 0.1) is 5.82 Å². The molecule has 4 aromatic rings. The van der Waals surface area contributed by atoms with Gasteiger partial charge in [0.05, 0.1) is 7.11 Å². The third-order valence-electron chi connectivity index (χ3n) is 4.45. The van der Waals surface area contributed by atoms with Crippen LogP contribution in [-0.2, 0) is 13.6 Å². The lowest BCUT2D eigenvalue weighted by Gasteiger charge is -2.10. The number of ether oxygens (including phenoxy) is 1. The highest BCUT2D eigenvalue weighted by Gasteiger charge is 2.13. The van der Waals surface area contributed by atoms with Crippen molar-refractivity contribution in [2.24, 2.45) is 7.05 Å². The maximum absolute atomic E-state index is 13.7. The molecule has 142 valence electrons. The number of hydrogen-bond donors (Lipinski definition) is 1. The van der Waals surface area contributed by atoms with Crippen molar-refractivity contribution in [3.05, 3.63) is 69.6 Å². The van der Waals surface area contributed by atoms with Crippen LogP contribution < -0.4 is 15.6 Å². The number of anilines is 1. The molecule has 0 atom stereocenters. The third-order valence-corrected chi connectivity index (χ3v) is 5.37. The van der Waals surface area contributed by atoms with Crippen molar-refractivity contribution in [2.75, 3.05) is 12.4 Å². The van der Waals surface area contributed by atoms with Crippen LogP contribution >= 0.6 is 11.3 Å². The maximum Gasteiger partial charge on any atom is 0.296 e. The lowest BCUT2D eigenvalue weighted by molar-refractivity contribution is 0.414. The molecule has 2 aromatic heterocycles. The van der Waals surface area contributed by atoms with E-state index >= 15 is 0 Å². The van der Waals surface area contributed by atoms with Crippen molar-refractivity contribution in [3.8, 4) is 17.1 Å². The predicted molar refractivity (Wildman–Crippen MR) is 108 cm³/mol. The smallest absolute Gasteiger partial charge is 0.296 e. The first kappa shape index (κ1) is 18.1. The molecule has 8 heteroatoms. The number of aromatic nitrogens is 3. The molecular weight excluding hydrogens is 379 g/mol. The summed E-state index contributed by atoms with van der Waals surface area (Å²) in [6.07, 6.45) is 0. The van der Waals surface area contributed by atoms with Crippen LogP contribution in [0.15, 0.2) is 52.6 Å². The minimum absolute atomic E-state index is 0.164. The molecule has 0 fully saturated rings. The fourth-order valence-corrected chi connectivity index (χ4v) is 3.77. The molecular formula is C20H17FN4O2S. The molecule has 0 saturated heterocycles. The van der Waals surface area contributed by atoms with Gasteiger partial charge in [-0.1, -0.05) is 18.2 Å². The topological polar surface area (TPSA) is 69.0 Å². The fraction of sp³-hybridized carbons (Fsp3) is 0.150. The highest BCUT2D eigenvalue weighted by molar-refractivity contribution is 7.17. The van der Waals surface area contributed by atoms with Crippen molar-refractivity contribution in [1.29, 1.82) is 0 Å². The zero-order chi connectivity index (χ0) is 19.7. The second-order valence-electron chi connectivity index (χ2n) is 6.24. The first-order chi connectivity index (χ1) is 13.6. The Morgan fingerprint density at radius 1 is 1.21 bits per heavy atom. The summed E-state index contributed by atoms with van der Waals surface area (Å²) in [4.78, 5) is 12.7. The summed E-state index contributed by atoms with van der Waals surface area (Å²) in [5.74, 6) is 1.09. The quantitative estimate of drug-likeness (QED) is 0.555. The molecule has 4 rings (SSSR count). The van der Waals surface area contributed by atoms with Crippen LogP contribution in [0.1, 0.15) is 5.56 Å². The Balaban J connectivity index is 1.61. The Morgan fingerprint density at radius 3 is 2.89 bits per heavy atom. The average Bonchev–Trinajstić information content (AvgIpc) is 3.09. The van der Waals surface area contributed by atoms with Crippen molar-refractivity contribution in [1.82, 2.24) is 14.8 Å². The van der Waals surface area contributed by atoms with Gasteiger partial charge < -0.3 is 10.1 Å². The SMILES string of the molecule is COc1cccc(CNc2nnc(-c3ccc4c(F)csc4c3)n(C)c2=O)c1. The fourth-order valence-electron chi connectivity index (χ4n) is 2.93. The number of thiophene rings is 1. The molecule has 6 nitrogen and oxygen atoms in total. The van der Waals surface area contributed by atoms with Gasteiger partial charge in [-0.25, -0.2) is 4.39 Å². The predicted octanol–water partition coefficient (Wildman–Crippen LogP) is 3.82. The second kappa shape index (κ2) is 7.40. The first-order valence-corrected chi connectivity index (χ1v) is 9.42. The van der Waals surface area contributed by atoms with Crippen molar-refractivity contribution >= 4 is 27.2 Å². The molecule has 0 aliphatic rings. The maximum atomic E-state index is 13.7. The number of fused-ring (bicyclic) bond motifs is 1. The normalized spacial score (nSPS) is 11.0. The van der Waals surface area contributed by atoms with Gasteiger partial charge in [-0.3, -0.25) is 9.36 Å². The molecule has 0 bridgehead atoms. The monoisotopic (exact) mass is 396 g/mol. The Hall–Kier alpha value is -3.26. The number of rotatable bonds is 5. The minimum Gasteiger partial charge on any atom is -0.497 e. The van der Waals surface area contributed by atoms with E-state index in [9.17, 15) is 9.18 Å². The van der Waals surface area contributed by atoms with Crippen LogP contribution in [0.5, 0.6) is 5.75 Å². The zero-order valence-corrected chi connectivity index (χ0v) is 16.1. The molecule has 0 aliphatic heterocycles. The van der Waals surface area contributed by atoms with Crippen molar-refractivity contribution in [2.45, 2.75) is 6.54 Å². The molecule has 0 amide bonds. The minimum atomic E-state index is -0.287. The van der Waals surface area contributed by atoms with E-state index in [0.29, 0.717) is 23.3 Å². The van der Waals surface area contributed by atoms with Gasteiger partial charge in [0.1, 0.15) is 11.6 Å². The third kappa shape index (κ3) is 3.34. The van der Waals surface area contributed by atoms with E-state index in [0.717, 1.165) is 16.0 Å². The van der Waals surface area contributed by atoms with E-state index in [1.54, 1.807) is 26.3 Å². The zero-order valence-electron chi connectivity index (χ0n) is 15.3. The molecule has 1 N–H and O–H groups in total. The Kier molecular flexibility index (Phi) is 4.79. The Morgan fingerprint density at radius 2 is 2.07 bits per heavy atom. The van der Waals surface area contributed by atoms with Gasteiger partial charge in [0.2, 0.25) is 5.82 Å². The molecule has 0 saturated carbocycles. The largest absolute Gasteiger partial charge is 0.497 e. The van der Waals surface area contributed by atoms with E-state index in [1.807, 2.05) is 30.3 Å². The Labute approximate surface area is 164 Å².